The van der Waals surface area contributed by atoms with E-state index in [1.807, 2.05) is 24.4 Å². The molecule has 5 rings (SSSR count). The second-order valence-corrected chi connectivity index (χ2v) is 8.58. The van der Waals surface area contributed by atoms with Crippen molar-refractivity contribution in [3.63, 3.8) is 0 Å². The Morgan fingerprint density at radius 2 is 1.97 bits per heavy atom. The molecule has 0 bridgehead atoms. The van der Waals surface area contributed by atoms with E-state index in [1.165, 1.54) is 29.4 Å². The minimum absolute atomic E-state index is 0.381. The Kier molecular flexibility index (Phi) is 5.38. The minimum Gasteiger partial charge on any atom is -0.464 e. The molecule has 0 radical (unpaired) electrons. The van der Waals surface area contributed by atoms with E-state index in [9.17, 15) is 4.79 Å². The zero-order valence-electron chi connectivity index (χ0n) is 17.4. The smallest absolute Gasteiger partial charge is 0.356 e. The van der Waals surface area contributed by atoms with Crippen molar-refractivity contribution in [2.75, 3.05) is 31.6 Å². The van der Waals surface area contributed by atoms with Crippen molar-refractivity contribution in [3.05, 3.63) is 82.6 Å². The number of methoxy groups -OCH3 is 1. The topological polar surface area (TPSA) is 45.7 Å². The molecule has 0 spiro atoms. The van der Waals surface area contributed by atoms with Crippen LogP contribution in [-0.2, 0) is 17.7 Å². The molecule has 0 aliphatic carbocycles. The van der Waals surface area contributed by atoms with Crippen LogP contribution in [-0.4, -0.2) is 48.6 Å². The van der Waals surface area contributed by atoms with E-state index in [0.717, 1.165) is 43.3 Å². The number of anilines is 1. The van der Waals surface area contributed by atoms with Gasteiger partial charge in [0.2, 0.25) is 0 Å². The fourth-order valence-corrected chi connectivity index (χ4v) is 4.87. The predicted molar refractivity (Wildman–Crippen MR) is 123 cm³/mol. The molecular weight excluding hydrogens is 410 g/mol. The molecule has 2 aliphatic heterocycles. The van der Waals surface area contributed by atoms with Crippen LogP contribution in [0.3, 0.4) is 0 Å². The highest BCUT2D eigenvalue weighted by atomic mass is 35.5. The van der Waals surface area contributed by atoms with Gasteiger partial charge in [-0.3, -0.25) is 4.90 Å². The third kappa shape index (κ3) is 3.91. The zero-order chi connectivity index (χ0) is 21.4. The van der Waals surface area contributed by atoms with Gasteiger partial charge in [0.15, 0.2) is 0 Å². The molecule has 0 N–H and O–H groups in total. The number of carbonyl (C=O) groups excluding carboxylic acids is 1. The van der Waals surface area contributed by atoms with Crippen molar-refractivity contribution in [1.29, 1.82) is 0 Å². The number of piperazine rings is 1. The van der Waals surface area contributed by atoms with Crippen LogP contribution < -0.4 is 4.90 Å². The first-order valence-corrected chi connectivity index (χ1v) is 10.9. The molecule has 0 amide bonds. The Morgan fingerprint density at radius 3 is 2.77 bits per heavy atom. The van der Waals surface area contributed by atoms with Gasteiger partial charge in [0.1, 0.15) is 5.69 Å². The van der Waals surface area contributed by atoms with Crippen LogP contribution in [0.2, 0.25) is 5.02 Å². The van der Waals surface area contributed by atoms with Gasteiger partial charge in [0.25, 0.3) is 0 Å². The van der Waals surface area contributed by atoms with E-state index >= 15 is 0 Å². The number of rotatable bonds is 4. The van der Waals surface area contributed by atoms with Crippen LogP contribution in [0.1, 0.15) is 21.6 Å². The molecule has 1 fully saturated rings. The second kappa shape index (κ2) is 8.33. The van der Waals surface area contributed by atoms with Gasteiger partial charge in [-0.05, 0) is 46.9 Å². The van der Waals surface area contributed by atoms with E-state index in [0.29, 0.717) is 11.7 Å². The molecule has 1 aromatic heterocycles. The highest BCUT2D eigenvalue weighted by Gasteiger charge is 2.35. The van der Waals surface area contributed by atoms with Gasteiger partial charge in [-0.15, -0.1) is 0 Å². The zero-order valence-corrected chi connectivity index (χ0v) is 18.2. The summed E-state index contributed by atoms with van der Waals surface area (Å²) in [5, 5.41) is 0.753. The number of ether oxygens (including phenoxy) is 1. The molecule has 3 aromatic rings. The molecule has 0 saturated carbocycles. The molecule has 1 saturated heterocycles. The molecule has 1 unspecified atom stereocenters. The average molecular weight is 434 g/mol. The first kappa shape index (κ1) is 20.0. The molecule has 5 nitrogen and oxygen atoms in total. The Bertz CT molecular complexity index is 1120. The quantitative estimate of drug-likeness (QED) is 0.569. The Balaban J connectivity index is 1.32. The first-order valence-electron chi connectivity index (χ1n) is 10.5. The van der Waals surface area contributed by atoms with Crippen LogP contribution in [0.15, 0.2) is 60.8 Å². The number of fused-ring (bicyclic) bond motifs is 3. The fraction of sp³-hybridized carbons (Fsp3) is 0.280. The maximum absolute atomic E-state index is 11.8. The van der Waals surface area contributed by atoms with Crippen molar-refractivity contribution in [1.82, 2.24) is 9.88 Å². The lowest BCUT2D eigenvalue weighted by Gasteiger charge is -2.39. The fourth-order valence-electron chi connectivity index (χ4n) is 4.75. The van der Waals surface area contributed by atoms with Gasteiger partial charge in [-0.1, -0.05) is 48.0 Å². The van der Waals surface area contributed by atoms with Gasteiger partial charge in [0.05, 0.1) is 19.0 Å². The van der Waals surface area contributed by atoms with E-state index in [4.69, 9.17) is 16.3 Å². The molecule has 158 valence electrons. The van der Waals surface area contributed by atoms with Gasteiger partial charge in [-0.2, -0.15) is 0 Å². The maximum Gasteiger partial charge on any atom is 0.356 e. The molecule has 6 heteroatoms. The van der Waals surface area contributed by atoms with Crippen molar-refractivity contribution in [2.24, 2.45) is 0 Å². The average Bonchev–Trinajstić information content (AvgIpc) is 3.16. The van der Waals surface area contributed by atoms with Crippen LogP contribution in [0.4, 0.5) is 5.69 Å². The number of nitrogens with zero attached hydrogens (tertiary/aromatic N) is 3. The first-order chi connectivity index (χ1) is 15.1. The molecular formula is C25H24ClN3O2. The number of hydrogen-bond donors (Lipinski definition) is 0. The monoisotopic (exact) mass is 433 g/mol. The lowest BCUT2D eigenvalue weighted by atomic mass is 9.99. The van der Waals surface area contributed by atoms with Gasteiger partial charge in [-0.25, -0.2) is 9.78 Å². The summed E-state index contributed by atoms with van der Waals surface area (Å²) in [7, 11) is 1.39. The number of benzene rings is 2. The number of aromatic nitrogens is 1. The third-order valence-electron chi connectivity index (χ3n) is 6.26. The number of hydrogen-bond acceptors (Lipinski definition) is 5. The van der Waals surface area contributed by atoms with Gasteiger partial charge in [0, 0.05) is 37.2 Å². The number of esters is 1. The van der Waals surface area contributed by atoms with Crippen LogP contribution in [0.5, 0.6) is 0 Å². The number of pyridine rings is 1. The highest BCUT2D eigenvalue weighted by molar-refractivity contribution is 6.30. The van der Waals surface area contributed by atoms with Gasteiger partial charge >= 0.3 is 5.97 Å². The lowest BCUT2D eigenvalue weighted by Crippen LogP contribution is -2.51. The molecule has 3 heterocycles. The van der Waals surface area contributed by atoms with Crippen molar-refractivity contribution >= 4 is 23.3 Å². The van der Waals surface area contributed by atoms with Crippen LogP contribution in [0.25, 0.3) is 11.1 Å². The standard InChI is InChI=1S/C25H24ClN3O2/c1-31-25(30)23-13-19-12-21-16-28(10-11-29(21)24(19)14-27-23)15-18-4-2-3-5-22(18)17-6-8-20(26)9-7-17/h2-9,13-14,21H,10-12,15-16H2,1H3. The summed E-state index contributed by atoms with van der Waals surface area (Å²) in [6, 6.07) is 18.9. The number of carbonyl (C=O) groups is 1. The molecule has 1 atom stereocenters. The third-order valence-corrected chi connectivity index (χ3v) is 6.51. The minimum atomic E-state index is -0.381. The van der Waals surface area contributed by atoms with Crippen molar-refractivity contribution in [3.8, 4) is 11.1 Å². The highest BCUT2D eigenvalue weighted by Crippen LogP contribution is 2.35. The van der Waals surface area contributed by atoms with E-state index in [2.05, 4.69) is 51.2 Å². The summed E-state index contributed by atoms with van der Waals surface area (Å²) in [4.78, 5) is 21.1. The largest absolute Gasteiger partial charge is 0.464 e. The Hall–Kier alpha value is -2.89. The number of halogens is 1. The summed E-state index contributed by atoms with van der Waals surface area (Å²) in [5.74, 6) is -0.381. The second-order valence-electron chi connectivity index (χ2n) is 8.14. The summed E-state index contributed by atoms with van der Waals surface area (Å²) in [5.41, 5.74) is 6.48. The van der Waals surface area contributed by atoms with Crippen LogP contribution in [0, 0.1) is 0 Å². The maximum atomic E-state index is 11.8. The Labute approximate surface area is 187 Å². The SMILES string of the molecule is COC(=O)c1cc2c(cn1)N1CCN(Cc3ccccc3-c3ccc(Cl)cc3)CC1C2. The molecule has 31 heavy (non-hydrogen) atoms. The summed E-state index contributed by atoms with van der Waals surface area (Å²) in [6.07, 6.45) is 2.75. The van der Waals surface area contributed by atoms with E-state index in [1.54, 1.807) is 0 Å². The molecule has 2 aromatic carbocycles. The summed E-state index contributed by atoms with van der Waals surface area (Å²) >= 11 is 6.08. The van der Waals surface area contributed by atoms with Crippen LogP contribution >= 0.6 is 11.6 Å². The predicted octanol–water partition coefficient (Wildman–Crippen LogP) is 4.44. The molecule has 2 aliphatic rings. The summed E-state index contributed by atoms with van der Waals surface area (Å²) < 4.78 is 4.82. The van der Waals surface area contributed by atoms with Crippen molar-refractivity contribution < 1.29 is 9.53 Å². The van der Waals surface area contributed by atoms with Crippen molar-refractivity contribution in [2.45, 2.75) is 19.0 Å². The normalized spacial score (nSPS) is 17.9. The lowest BCUT2D eigenvalue weighted by molar-refractivity contribution is 0.0594. The van der Waals surface area contributed by atoms with Gasteiger partial charge < -0.3 is 9.64 Å². The van der Waals surface area contributed by atoms with E-state index in [-0.39, 0.29) is 5.97 Å². The Morgan fingerprint density at radius 1 is 1.16 bits per heavy atom. The van der Waals surface area contributed by atoms with E-state index < -0.39 is 0 Å². The summed E-state index contributed by atoms with van der Waals surface area (Å²) in [6.45, 7) is 3.84.